The summed E-state index contributed by atoms with van der Waals surface area (Å²) in [6.45, 7) is 5.55. The SMILES string of the molecule is CC(C)C[C@H](NC(=O)C(NC(=O)c1cccc(-c2ccccc2)n1)[C@@H](C)O)C1(B(O)O)CCCCCCCCCCC1. The van der Waals surface area contributed by atoms with Crippen LogP contribution < -0.4 is 10.6 Å². The summed E-state index contributed by atoms with van der Waals surface area (Å²) < 4.78 is 0. The van der Waals surface area contributed by atoms with Crippen LogP contribution in [0.5, 0.6) is 0 Å². The number of aliphatic hydroxyl groups is 1. The zero-order chi connectivity index (χ0) is 30.5. The van der Waals surface area contributed by atoms with Gasteiger partial charge < -0.3 is 25.8 Å². The highest BCUT2D eigenvalue weighted by molar-refractivity contribution is 6.46. The average Bonchev–Trinajstić information content (AvgIpc) is 2.96. The highest BCUT2D eigenvalue weighted by Crippen LogP contribution is 2.46. The van der Waals surface area contributed by atoms with E-state index >= 15 is 0 Å². The second kappa shape index (κ2) is 16.8. The maximum Gasteiger partial charge on any atom is 0.460 e. The van der Waals surface area contributed by atoms with Crippen molar-refractivity contribution in [2.45, 2.75) is 121 Å². The van der Waals surface area contributed by atoms with E-state index in [0.29, 0.717) is 25.0 Å². The van der Waals surface area contributed by atoms with Gasteiger partial charge in [-0.25, -0.2) is 4.98 Å². The lowest BCUT2D eigenvalue weighted by Crippen LogP contribution is -2.58. The average molecular weight is 580 g/mol. The van der Waals surface area contributed by atoms with Crippen molar-refractivity contribution in [3.05, 3.63) is 54.2 Å². The molecular weight excluding hydrogens is 529 g/mol. The van der Waals surface area contributed by atoms with E-state index in [4.69, 9.17) is 0 Å². The van der Waals surface area contributed by atoms with Crippen LogP contribution in [0.25, 0.3) is 11.3 Å². The van der Waals surface area contributed by atoms with Crippen LogP contribution in [0.2, 0.25) is 5.31 Å². The molecule has 8 nitrogen and oxygen atoms in total. The normalized spacial score (nSPS) is 18.5. The number of hydrogen-bond donors (Lipinski definition) is 5. The van der Waals surface area contributed by atoms with E-state index in [0.717, 1.165) is 44.1 Å². The number of hydrogen-bond acceptors (Lipinski definition) is 6. The maximum atomic E-state index is 13.7. The van der Waals surface area contributed by atoms with E-state index in [1.54, 1.807) is 12.1 Å². The Morgan fingerprint density at radius 3 is 1.93 bits per heavy atom. The predicted octanol–water partition coefficient (Wildman–Crippen LogP) is 5.28. The van der Waals surface area contributed by atoms with Crippen LogP contribution in [0.4, 0.5) is 0 Å². The molecule has 2 amide bonds. The van der Waals surface area contributed by atoms with Gasteiger partial charge >= 0.3 is 7.12 Å². The van der Waals surface area contributed by atoms with Crippen LogP contribution in [0.1, 0.15) is 108 Å². The van der Waals surface area contributed by atoms with Gasteiger partial charge in [0.25, 0.3) is 5.91 Å². The van der Waals surface area contributed by atoms with Crippen LogP contribution in [0.3, 0.4) is 0 Å². The summed E-state index contributed by atoms with van der Waals surface area (Å²) in [6.07, 6.45) is 10.1. The van der Waals surface area contributed by atoms with Gasteiger partial charge in [-0.3, -0.25) is 9.59 Å². The highest BCUT2D eigenvalue weighted by Gasteiger charge is 2.48. The molecule has 1 aliphatic carbocycles. The van der Waals surface area contributed by atoms with Crippen molar-refractivity contribution < 1.29 is 24.7 Å². The molecule has 2 aromatic rings. The Morgan fingerprint density at radius 1 is 0.833 bits per heavy atom. The molecule has 42 heavy (non-hydrogen) atoms. The molecule has 1 unspecified atom stereocenters. The quantitative estimate of drug-likeness (QED) is 0.244. The zero-order valence-corrected chi connectivity index (χ0v) is 25.6. The van der Waals surface area contributed by atoms with Gasteiger partial charge in [0.15, 0.2) is 0 Å². The molecule has 230 valence electrons. The lowest BCUT2D eigenvalue weighted by atomic mass is 9.48. The van der Waals surface area contributed by atoms with E-state index in [-0.39, 0.29) is 11.6 Å². The lowest BCUT2D eigenvalue weighted by molar-refractivity contribution is -0.126. The van der Waals surface area contributed by atoms with E-state index in [9.17, 15) is 24.7 Å². The fourth-order valence-electron chi connectivity index (χ4n) is 6.18. The molecule has 0 radical (unpaired) electrons. The lowest BCUT2D eigenvalue weighted by Gasteiger charge is -2.42. The molecule has 1 fully saturated rings. The van der Waals surface area contributed by atoms with Crippen molar-refractivity contribution in [2.24, 2.45) is 5.92 Å². The molecule has 1 aromatic heterocycles. The number of benzene rings is 1. The summed E-state index contributed by atoms with van der Waals surface area (Å²) in [7, 11) is -1.60. The Kier molecular flexibility index (Phi) is 13.5. The summed E-state index contributed by atoms with van der Waals surface area (Å²) in [5.74, 6) is -0.941. The number of amides is 2. The number of nitrogens with one attached hydrogen (secondary N) is 2. The Morgan fingerprint density at radius 2 is 1.40 bits per heavy atom. The third-order valence-electron chi connectivity index (χ3n) is 8.62. The Balaban J connectivity index is 1.83. The molecule has 0 bridgehead atoms. The van der Waals surface area contributed by atoms with Crippen LogP contribution >= 0.6 is 0 Å². The van der Waals surface area contributed by atoms with Gasteiger partial charge in [0.2, 0.25) is 5.91 Å². The molecule has 0 saturated heterocycles. The molecule has 0 aliphatic heterocycles. The number of aromatic nitrogens is 1. The molecule has 1 saturated carbocycles. The number of aliphatic hydroxyl groups excluding tert-OH is 1. The Labute approximate surface area is 251 Å². The summed E-state index contributed by atoms with van der Waals surface area (Å²) in [4.78, 5) is 31.5. The van der Waals surface area contributed by atoms with Gasteiger partial charge in [-0.2, -0.15) is 0 Å². The third-order valence-corrected chi connectivity index (χ3v) is 8.62. The van der Waals surface area contributed by atoms with E-state index in [1.807, 2.05) is 50.2 Å². The first-order valence-corrected chi connectivity index (χ1v) is 15.8. The van der Waals surface area contributed by atoms with Crippen LogP contribution in [0.15, 0.2) is 48.5 Å². The minimum absolute atomic E-state index is 0.134. The molecule has 5 N–H and O–H groups in total. The number of carbonyl (C=O) groups excluding carboxylic acids is 2. The summed E-state index contributed by atoms with van der Waals surface area (Å²) in [5, 5.41) is 37.2. The van der Waals surface area contributed by atoms with Crippen molar-refractivity contribution >= 4 is 18.9 Å². The zero-order valence-electron chi connectivity index (χ0n) is 25.6. The first kappa shape index (κ1) is 33.8. The smallest absolute Gasteiger partial charge is 0.427 e. The predicted molar refractivity (Wildman–Crippen MR) is 168 cm³/mol. The maximum absolute atomic E-state index is 13.7. The fourth-order valence-corrected chi connectivity index (χ4v) is 6.18. The molecule has 1 aliphatic rings. The number of carbonyl (C=O) groups is 2. The van der Waals surface area contributed by atoms with Crippen molar-refractivity contribution in [3.8, 4) is 11.3 Å². The summed E-state index contributed by atoms with van der Waals surface area (Å²) in [5.41, 5.74) is 1.62. The van der Waals surface area contributed by atoms with Crippen LogP contribution in [-0.2, 0) is 4.79 Å². The van der Waals surface area contributed by atoms with Crippen molar-refractivity contribution in [1.82, 2.24) is 15.6 Å². The third kappa shape index (κ3) is 9.64. The number of nitrogens with zero attached hydrogens (tertiary/aromatic N) is 1. The standard InChI is InChI=1S/C33H50BN3O5/c1-24(2)23-29(33(34(41)42)21-14-9-7-5-4-6-8-10-15-22-33)36-32(40)30(25(3)38)37-31(39)28-20-16-19-27(35-28)26-17-12-11-13-18-26/h11-13,16-20,24-25,29-30,38,41-42H,4-10,14-15,21-23H2,1-3H3,(H,36,40)(H,37,39)/t25-,29+,30?/m1/s1. The van der Waals surface area contributed by atoms with E-state index < -0.39 is 42.4 Å². The monoisotopic (exact) mass is 579 g/mol. The molecule has 1 heterocycles. The molecule has 9 heteroatoms. The molecule has 3 rings (SSSR count). The van der Waals surface area contributed by atoms with Gasteiger partial charge in [0.05, 0.1) is 11.8 Å². The molecular formula is C33H50BN3O5. The van der Waals surface area contributed by atoms with E-state index in [2.05, 4.69) is 15.6 Å². The van der Waals surface area contributed by atoms with Gasteiger partial charge in [-0.1, -0.05) is 108 Å². The van der Waals surface area contributed by atoms with E-state index in [1.165, 1.54) is 26.2 Å². The minimum atomic E-state index is -1.60. The van der Waals surface area contributed by atoms with Crippen molar-refractivity contribution in [1.29, 1.82) is 0 Å². The second-order valence-electron chi connectivity index (χ2n) is 12.4. The Hall–Kier alpha value is -2.75. The van der Waals surface area contributed by atoms with Gasteiger partial charge in [-0.05, 0) is 44.2 Å². The molecule has 0 spiro atoms. The first-order chi connectivity index (χ1) is 20.1. The van der Waals surface area contributed by atoms with Crippen LogP contribution in [0, 0.1) is 5.92 Å². The van der Waals surface area contributed by atoms with Crippen molar-refractivity contribution in [3.63, 3.8) is 0 Å². The topological polar surface area (TPSA) is 132 Å². The number of pyridine rings is 1. The Bertz CT molecular complexity index is 1100. The second-order valence-corrected chi connectivity index (χ2v) is 12.4. The summed E-state index contributed by atoms with van der Waals surface area (Å²) in [6, 6.07) is 12.8. The minimum Gasteiger partial charge on any atom is -0.427 e. The fraction of sp³-hybridized carbons (Fsp3) is 0.606. The highest BCUT2D eigenvalue weighted by atomic mass is 16.4. The molecule has 1 aromatic carbocycles. The first-order valence-electron chi connectivity index (χ1n) is 15.8. The van der Waals surface area contributed by atoms with Gasteiger partial charge in [-0.15, -0.1) is 0 Å². The largest absolute Gasteiger partial charge is 0.460 e. The summed E-state index contributed by atoms with van der Waals surface area (Å²) >= 11 is 0. The van der Waals surface area contributed by atoms with Crippen LogP contribution in [-0.4, -0.2) is 57.3 Å². The molecule has 3 atom stereocenters. The van der Waals surface area contributed by atoms with Crippen molar-refractivity contribution in [2.75, 3.05) is 0 Å². The van der Waals surface area contributed by atoms with Gasteiger partial charge in [0, 0.05) is 16.9 Å². The van der Waals surface area contributed by atoms with Gasteiger partial charge in [0.1, 0.15) is 11.7 Å². The number of rotatable bonds is 10.